The highest BCUT2D eigenvalue weighted by Gasteiger charge is 2.26. The zero-order chi connectivity index (χ0) is 14.6. The third-order valence-corrected chi connectivity index (χ3v) is 5.58. The molecule has 0 aliphatic rings. The van der Waals surface area contributed by atoms with Crippen LogP contribution in [0.4, 0.5) is 0 Å². The number of furan rings is 1. The molecule has 0 radical (unpaired) electrons. The number of halogens is 2. The zero-order valence-corrected chi connectivity index (χ0v) is 14.3. The van der Waals surface area contributed by atoms with E-state index < -0.39 is 10.0 Å². The molecule has 0 unspecified atom stereocenters. The standard InChI is InChI=1S/C11H18BrClN2O3S/c1-14(2)5-4-6-15(3)19(16,17)10-7-9(8-13)18-11(10)12/h7H,4-6,8H2,1-3H3. The number of nitrogens with zero attached hydrogens (tertiary/aromatic N) is 2. The first-order chi connectivity index (χ1) is 8.78. The molecule has 0 spiro atoms. The smallest absolute Gasteiger partial charge is 0.247 e. The van der Waals surface area contributed by atoms with E-state index in [9.17, 15) is 8.42 Å². The second-order valence-corrected chi connectivity index (χ2v) is 7.47. The number of alkyl halides is 1. The van der Waals surface area contributed by atoms with Gasteiger partial charge in [-0.3, -0.25) is 0 Å². The first-order valence-corrected chi connectivity index (χ1v) is 8.51. The fourth-order valence-electron chi connectivity index (χ4n) is 1.54. The van der Waals surface area contributed by atoms with Crippen molar-refractivity contribution in [3.63, 3.8) is 0 Å². The molecule has 5 nitrogen and oxygen atoms in total. The molecule has 0 aromatic carbocycles. The lowest BCUT2D eigenvalue weighted by Gasteiger charge is -2.17. The topological polar surface area (TPSA) is 53.8 Å². The summed E-state index contributed by atoms with van der Waals surface area (Å²) in [5.41, 5.74) is 0. The fourth-order valence-corrected chi connectivity index (χ4v) is 3.84. The number of hydrogen-bond donors (Lipinski definition) is 0. The van der Waals surface area contributed by atoms with Gasteiger partial charge in [-0.2, -0.15) is 0 Å². The van der Waals surface area contributed by atoms with Crippen LogP contribution in [0.15, 0.2) is 20.0 Å². The summed E-state index contributed by atoms with van der Waals surface area (Å²) >= 11 is 8.75. The van der Waals surface area contributed by atoms with E-state index in [-0.39, 0.29) is 15.4 Å². The molecule has 1 aromatic rings. The van der Waals surface area contributed by atoms with Crippen molar-refractivity contribution < 1.29 is 12.8 Å². The molecule has 0 saturated heterocycles. The Labute approximate surface area is 127 Å². The van der Waals surface area contributed by atoms with Crippen LogP contribution in [0, 0.1) is 0 Å². The van der Waals surface area contributed by atoms with Gasteiger partial charge in [-0.15, -0.1) is 11.6 Å². The van der Waals surface area contributed by atoms with E-state index in [1.807, 2.05) is 19.0 Å². The van der Waals surface area contributed by atoms with Gasteiger partial charge in [0.25, 0.3) is 0 Å². The Kier molecular flexibility index (Phi) is 6.32. The minimum Gasteiger partial charge on any atom is -0.452 e. The van der Waals surface area contributed by atoms with Gasteiger partial charge >= 0.3 is 0 Å². The van der Waals surface area contributed by atoms with Crippen LogP contribution >= 0.6 is 27.5 Å². The van der Waals surface area contributed by atoms with Gasteiger partial charge in [-0.25, -0.2) is 12.7 Å². The van der Waals surface area contributed by atoms with Crippen molar-refractivity contribution in [1.82, 2.24) is 9.21 Å². The van der Waals surface area contributed by atoms with Gasteiger partial charge in [-0.1, -0.05) is 0 Å². The van der Waals surface area contributed by atoms with Gasteiger partial charge in [0, 0.05) is 19.7 Å². The lowest BCUT2D eigenvalue weighted by Crippen LogP contribution is -2.29. The van der Waals surface area contributed by atoms with E-state index in [0.717, 1.165) is 13.0 Å². The van der Waals surface area contributed by atoms with E-state index in [4.69, 9.17) is 16.0 Å². The SMILES string of the molecule is CN(C)CCCN(C)S(=O)(=O)c1cc(CCl)oc1Br. The summed E-state index contributed by atoms with van der Waals surface area (Å²) in [6.45, 7) is 1.29. The molecule has 0 N–H and O–H groups in total. The maximum Gasteiger partial charge on any atom is 0.247 e. The molecule has 19 heavy (non-hydrogen) atoms. The van der Waals surface area contributed by atoms with Gasteiger partial charge in [0.15, 0.2) is 4.67 Å². The van der Waals surface area contributed by atoms with Crippen LogP contribution in [0.3, 0.4) is 0 Å². The van der Waals surface area contributed by atoms with Crippen LogP contribution in [0.5, 0.6) is 0 Å². The molecule has 0 amide bonds. The molecule has 1 heterocycles. The predicted molar refractivity (Wildman–Crippen MR) is 79.0 cm³/mol. The van der Waals surface area contributed by atoms with Crippen molar-refractivity contribution in [2.75, 3.05) is 34.2 Å². The third-order valence-electron chi connectivity index (χ3n) is 2.60. The Bertz CT molecular complexity index is 516. The zero-order valence-electron chi connectivity index (χ0n) is 11.2. The van der Waals surface area contributed by atoms with Crippen molar-refractivity contribution in [3.8, 4) is 0 Å². The van der Waals surface area contributed by atoms with Crippen molar-refractivity contribution >= 4 is 37.6 Å². The molecule has 0 fully saturated rings. The average Bonchev–Trinajstić information content (AvgIpc) is 2.70. The number of rotatable bonds is 7. The molecular formula is C11H18BrClN2O3S. The van der Waals surface area contributed by atoms with E-state index in [1.54, 1.807) is 7.05 Å². The third kappa shape index (κ3) is 4.46. The van der Waals surface area contributed by atoms with Gasteiger partial charge in [0.2, 0.25) is 10.0 Å². The van der Waals surface area contributed by atoms with Crippen LogP contribution < -0.4 is 0 Å². The monoisotopic (exact) mass is 372 g/mol. The second-order valence-electron chi connectivity index (χ2n) is 4.47. The summed E-state index contributed by atoms with van der Waals surface area (Å²) in [5.74, 6) is 0.562. The number of hydrogen-bond acceptors (Lipinski definition) is 4. The highest BCUT2D eigenvalue weighted by atomic mass is 79.9. The fraction of sp³-hybridized carbons (Fsp3) is 0.636. The second kappa shape index (κ2) is 7.08. The first kappa shape index (κ1) is 17.0. The van der Waals surface area contributed by atoms with E-state index in [1.165, 1.54) is 10.4 Å². The normalized spacial score (nSPS) is 12.6. The van der Waals surface area contributed by atoms with Crippen LogP contribution in [-0.2, 0) is 15.9 Å². The molecule has 0 aliphatic carbocycles. The van der Waals surface area contributed by atoms with E-state index in [2.05, 4.69) is 15.9 Å². The molecule has 1 aromatic heterocycles. The summed E-state index contributed by atoms with van der Waals surface area (Å²) in [5, 5.41) is 0. The quantitative estimate of drug-likeness (QED) is 0.689. The van der Waals surface area contributed by atoms with E-state index >= 15 is 0 Å². The van der Waals surface area contributed by atoms with Crippen LogP contribution in [-0.4, -0.2) is 51.9 Å². The largest absolute Gasteiger partial charge is 0.452 e. The van der Waals surface area contributed by atoms with Gasteiger partial charge in [-0.05, 0) is 43.0 Å². The van der Waals surface area contributed by atoms with Gasteiger partial charge < -0.3 is 9.32 Å². The molecule has 0 saturated carbocycles. The van der Waals surface area contributed by atoms with Crippen LogP contribution in [0.25, 0.3) is 0 Å². The van der Waals surface area contributed by atoms with Crippen molar-refractivity contribution in [2.45, 2.75) is 17.2 Å². The molecule has 0 bridgehead atoms. The maximum absolute atomic E-state index is 12.3. The Morgan fingerprint density at radius 2 is 1.95 bits per heavy atom. The Morgan fingerprint density at radius 3 is 2.42 bits per heavy atom. The molecular weight excluding hydrogens is 356 g/mol. The number of sulfonamides is 1. The van der Waals surface area contributed by atoms with Crippen molar-refractivity contribution in [1.29, 1.82) is 0 Å². The molecule has 110 valence electrons. The summed E-state index contributed by atoms with van der Waals surface area (Å²) in [6.07, 6.45) is 0.764. The summed E-state index contributed by atoms with van der Waals surface area (Å²) in [6, 6.07) is 1.45. The average molecular weight is 374 g/mol. The molecule has 8 heteroatoms. The van der Waals surface area contributed by atoms with Crippen LogP contribution in [0.2, 0.25) is 0 Å². The summed E-state index contributed by atoms with van der Waals surface area (Å²) in [4.78, 5) is 2.13. The first-order valence-electron chi connectivity index (χ1n) is 5.74. The van der Waals surface area contributed by atoms with Crippen molar-refractivity contribution in [2.24, 2.45) is 0 Å². The molecule has 1 rings (SSSR count). The highest BCUT2D eigenvalue weighted by Crippen LogP contribution is 2.29. The maximum atomic E-state index is 12.3. The van der Waals surface area contributed by atoms with Crippen molar-refractivity contribution in [3.05, 3.63) is 16.5 Å². The Hall–Kier alpha value is -0.0800. The van der Waals surface area contributed by atoms with Gasteiger partial charge in [0.1, 0.15) is 10.7 Å². The van der Waals surface area contributed by atoms with Crippen LogP contribution in [0.1, 0.15) is 12.2 Å². The lowest BCUT2D eigenvalue weighted by atomic mass is 10.4. The highest BCUT2D eigenvalue weighted by molar-refractivity contribution is 9.10. The predicted octanol–water partition coefficient (Wildman–Crippen LogP) is 2.35. The summed E-state index contributed by atoms with van der Waals surface area (Å²) in [7, 11) is 1.92. The Morgan fingerprint density at radius 1 is 1.32 bits per heavy atom. The minimum atomic E-state index is -3.54. The van der Waals surface area contributed by atoms with E-state index in [0.29, 0.717) is 12.3 Å². The molecule has 0 atom stereocenters. The molecule has 0 aliphatic heterocycles. The minimum absolute atomic E-state index is 0.121. The lowest BCUT2D eigenvalue weighted by molar-refractivity contribution is 0.370. The van der Waals surface area contributed by atoms with Gasteiger partial charge in [0.05, 0.1) is 5.88 Å². The summed E-state index contributed by atoms with van der Waals surface area (Å²) < 4.78 is 31.4. The Balaban J connectivity index is 2.81.